The summed E-state index contributed by atoms with van der Waals surface area (Å²) in [4.78, 5) is 29.2. The van der Waals surface area contributed by atoms with Crippen LogP contribution < -0.4 is 4.72 Å². The third-order valence-corrected chi connectivity index (χ3v) is 7.79. The number of carbonyl (C=O) groups excluding carboxylic acids is 2. The number of hydrogen-bond acceptors (Lipinski definition) is 4. The quantitative estimate of drug-likeness (QED) is 0.713. The number of carbonyl (C=O) groups is 2. The zero-order valence-electron chi connectivity index (χ0n) is 18.0. The van der Waals surface area contributed by atoms with E-state index >= 15 is 0 Å². The predicted octanol–water partition coefficient (Wildman–Crippen LogP) is 2.63. The monoisotopic (exact) mass is 435 g/mol. The fourth-order valence-corrected chi connectivity index (χ4v) is 5.78. The second kappa shape index (κ2) is 9.92. The molecule has 0 bridgehead atoms. The van der Waals surface area contributed by atoms with Gasteiger partial charge in [-0.15, -0.1) is 0 Å². The molecule has 1 saturated carbocycles. The van der Waals surface area contributed by atoms with Crippen molar-refractivity contribution in [2.24, 2.45) is 5.92 Å². The van der Waals surface area contributed by atoms with E-state index in [4.69, 9.17) is 0 Å². The van der Waals surface area contributed by atoms with Gasteiger partial charge in [-0.05, 0) is 57.7 Å². The molecule has 0 radical (unpaired) electrons. The molecule has 1 N–H and O–H groups in total. The minimum atomic E-state index is -3.64. The highest BCUT2D eigenvalue weighted by atomic mass is 32.2. The highest BCUT2D eigenvalue weighted by Crippen LogP contribution is 2.23. The van der Waals surface area contributed by atoms with Gasteiger partial charge in [0.2, 0.25) is 15.9 Å². The zero-order valence-corrected chi connectivity index (χ0v) is 18.8. The van der Waals surface area contributed by atoms with E-state index in [2.05, 4.69) is 4.72 Å². The van der Waals surface area contributed by atoms with Gasteiger partial charge in [0.25, 0.3) is 5.91 Å². The van der Waals surface area contributed by atoms with E-state index in [1.807, 2.05) is 18.7 Å². The van der Waals surface area contributed by atoms with Gasteiger partial charge < -0.3 is 9.80 Å². The Hall–Kier alpha value is -1.93. The molecule has 30 heavy (non-hydrogen) atoms. The SMILES string of the molecule is CCN(CC)C(=O)C1CCN(C(=O)c2cccc(S(=O)(=O)NC3CCCC3)c2)CC1. The number of nitrogens with zero attached hydrogens (tertiary/aromatic N) is 2. The Morgan fingerprint density at radius 2 is 1.70 bits per heavy atom. The van der Waals surface area contributed by atoms with Gasteiger partial charge in [0, 0.05) is 43.7 Å². The predicted molar refractivity (Wildman–Crippen MR) is 116 cm³/mol. The van der Waals surface area contributed by atoms with Crippen LogP contribution in [0, 0.1) is 5.92 Å². The molecule has 1 aliphatic carbocycles. The highest BCUT2D eigenvalue weighted by molar-refractivity contribution is 7.89. The molecular formula is C22H33N3O4S. The number of likely N-dealkylation sites (tertiary alicyclic amines) is 1. The molecule has 2 amide bonds. The van der Waals surface area contributed by atoms with Crippen LogP contribution in [-0.2, 0) is 14.8 Å². The topological polar surface area (TPSA) is 86.8 Å². The van der Waals surface area contributed by atoms with Crippen molar-refractivity contribution in [1.82, 2.24) is 14.5 Å². The van der Waals surface area contributed by atoms with Gasteiger partial charge in [-0.1, -0.05) is 18.9 Å². The standard InChI is InChI=1S/C22H33N3O4S/c1-3-24(4-2)21(26)17-12-14-25(15-13-17)22(27)18-8-7-11-20(16-18)30(28,29)23-19-9-5-6-10-19/h7-8,11,16-17,19,23H,3-6,9-10,12-15H2,1-2H3. The average Bonchev–Trinajstić information content (AvgIpc) is 3.26. The van der Waals surface area contributed by atoms with Crippen LogP contribution in [0.5, 0.6) is 0 Å². The van der Waals surface area contributed by atoms with Crippen molar-refractivity contribution >= 4 is 21.8 Å². The third kappa shape index (κ3) is 5.21. The van der Waals surface area contributed by atoms with Gasteiger partial charge in [-0.2, -0.15) is 0 Å². The van der Waals surface area contributed by atoms with Gasteiger partial charge in [0.05, 0.1) is 4.90 Å². The van der Waals surface area contributed by atoms with Crippen LogP contribution in [0.3, 0.4) is 0 Å². The maximum absolute atomic E-state index is 13.0. The number of piperidine rings is 1. The van der Waals surface area contributed by atoms with Crippen molar-refractivity contribution in [3.63, 3.8) is 0 Å². The van der Waals surface area contributed by atoms with Crippen molar-refractivity contribution < 1.29 is 18.0 Å². The summed E-state index contributed by atoms with van der Waals surface area (Å²) in [5.41, 5.74) is 0.373. The molecule has 1 saturated heterocycles. The lowest BCUT2D eigenvalue weighted by atomic mass is 9.94. The van der Waals surface area contributed by atoms with E-state index < -0.39 is 10.0 Å². The number of rotatable bonds is 7. The van der Waals surface area contributed by atoms with Gasteiger partial charge in [-0.25, -0.2) is 13.1 Å². The molecular weight excluding hydrogens is 402 g/mol. The summed E-state index contributed by atoms with van der Waals surface area (Å²) in [5, 5.41) is 0. The molecule has 7 nitrogen and oxygen atoms in total. The summed E-state index contributed by atoms with van der Waals surface area (Å²) >= 11 is 0. The maximum atomic E-state index is 13.0. The lowest BCUT2D eigenvalue weighted by molar-refractivity contribution is -0.136. The lowest BCUT2D eigenvalue weighted by Gasteiger charge is -2.33. The molecule has 0 spiro atoms. The van der Waals surface area contributed by atoms with Crippen LogP contribution in [0.4, 0.5) is 0 Å². The fraction of sp³-hybridized carbons (Fsp3) is 0.636. The maximum Gasteiger partial charge on any atom is 0.253 e. The molecule has 1 aliphatic heterocycles. The van der Waals surface area contributed by atoms with Crippen molar-refractivity contribution in [1.29, 1.82) is 0 Å². The molecule has 1 aromatic carbocycles. The van der Waals surface area contributed by atoms with Crippen molar-refractivity contribution in [3.05, 3.63) is 29.8 Å². The first kappa shape index (κ1) is 22.7. The Balaban J connectivity index is 1.64. The van der Waals surface area contributed by atoms with Crippen LogP contribution in [-0.4, -0.2) is 62.3 Å². The van der Waals surface area contributed by atoms with Crippen LogP contribution >= 0.6 is 0 Å². The zero-order chi connectivity index (χ0) is 21.7. The van der Waals surface area contributed by atoms with Crippen molar-refractivity contribution in [2.75, 3.05) is 26.2 Å². The largest absolute Gasteiger partial charge is 0.343 e. The van der Waals surface area contributed by atoms with E-state index in [0.29, 0.717) is 44.6 Å². The molecule has 0 aromatic heterocycles. The summed E-state index contributed by atoms with van der Waals surface area (Å²) in [7, 11) is -3.64. The van der Waals surface area contributed by atoms with E-state index in [-0.39, 0.29) is 28.7 Å². The van der Waals surface area contributed by atoms with E-state index in [1.165, 1.54) is 12.1 Å². The third-order valence-electron chi connectivity index (χ3n) is 6.27. The summed E-state index contributed by atoms with van der Waals surface area (Å²) < 4.78 is 28.2. The number of benzene rings is 1. The molecule has 0 unspecified atom stereocenters. The summed E-state index contributed by atoms with van der Waals surface area (Å²) in [6, 6.07) is 6.25. The van der Waals surface area contributed by atoms with E-state index in [9.17, 15) is 18.0 Å². The first-order chi connectivity index (χ1) is 14.4. The Morgan fingerprint density at radius 3 is 2.30 bits per heavy atom. The van der Waals surface area contributed by atoms with Crippen LogP contribution in [0.1, 0.15) is 62.7 Å². The summed E-state index contributed by atoms with van der Waals surface area (Å²) in [5.74, 6) is -0.0592. The van der Waals surface area contributed by atoms with E-state index in [0.717, 1.165) is 25.7 Å². The molecule has 1 aromatic rings. The number of sulfonamides is 1. The Bertz CT molecular complexity index is 853. The highest BCUT2D eigenvalue weighted by Gasteiger charge is 2.30. The van der Waals surface area contributed by atoms with Crippen molar-refractivity contribution in [2.45, 2.75) is 63.3 Å². The van der Waals surface area contributed by atoms with Crippen LogP contribution in [0.25, 0.3) is 0 Å². The molecule has 2 fully saturated rings. The lowest BCUT2D eigenvalue weighted by Crippen LogP contribution is -2.44. The molecule has 3 rings (SSSR count). The first-order valence-electron chi connectivity index (χ1n) is 11.1. The number of hydrogen-bond donors (Lipinski definition) is 1. The van der Waals surface area contributed by atoms with Gasteiger partial charge >= 0.3 is 0 Å². The average molecular weight is 436 g/mol. The minimum Gasteiger partial charge on any atom is -0.343 e. The molecule has 8 heteroatoms. The summed E-state index contributed by atoms with van der Waals surface area (Å²) in [6.07, 6.45) is 5.08. The molecule has 0 atom stereocenters. The summed E-state index contributed by atoms with van der Waals surface area (Å²) in [6.45, 7) is 6.36. The fourth-order valence-electron chi connectivity index (χ4n) is 4.43. The smallest absolute Gasteiger partial charge is 0.253 e. The normalized spacial score (nSPS) is 18.5. The second-order valence-electron chi connectivity index (χ2n) is 8.21. The molecule has 1 heterocycles. The van der Waals surface area contributed by atoms with Gasteiger partial charge in [0.1, 0.15) is 0 Å². The van der Waals surface area contributed by atoms with Crippen LogP contribution in [0.2, 0.25) is 0 Å². The minimum absolute atomic E-state index is 0.0169. The van der Waals surface area contributed by atoms with Crippen molar-refractivity contribution in [3.8, 4) is 0 Å². The Morgan fingerprint density at radius 1 is 1.07 bits per heavy atom. The van der Waals surface area contributed by atoms with Gasteiger partial charge in [0.15, 0.2) is 0 Å². The Kier molecular flexibility index (Phi) is 7.52. The number of nitrogens with one attached hydrogen (secondary N) is 1. The molecule has 166 valence electrons. The second-order valence-corrected chi connectivity index (χ2v) is 9.92. The van der Waals surface area contributed by atoms with E-state index in [1.54, 1.807) is 17.0 Å². The van der Waals surface area contributed by atoms with Gasteiger partial charge in [-0.3, -0.25) is 9.59 Å². The molecule has 2 aliphatic rings. The Labute approximate surface area is 179 Å². The van der Waals surface area contributed by atoms with Crippen LogP contribution in [0.15, 0.2) is 29.2 Å². The number of amides is 2. The first-order valence-corrected chi connectivity index (χ1v) is 12.5.